The molecule has 7 nitrogen and oxygen atoms in total. The van der Waals surface area contributed by atoms with Gasteiger partial charge in [0.2, 0.25) is 21.8 Å². The van der Waals surface area contributed by atoms with Gasteiger partial charge in [0.1, 0.15) is 12.6 Å². The molecule has 3 rings (SSSR count). The first-order chi connectivity index (χ1) is 18.8. The average Bonchev–Trinajstić information content (AvgIpc) is 2.90. The summed E-state index contributed by atoms with van der Waals surface area (Å²) in [5, 5.41) is 2.75. The molecule has 0 bridgehead atoms. The normalized spacial score (nSPS) is 12.4. The molecule has 0 spiro atoms. The predicted molar refractivity (Wildman–Crippen MR) is 148 cm³/mol. The Morgan fingerprint density at radius 1 is 0.925 bits per heavy atom. The van der Waals surface area contributed by atoms with Crippen molar-refractivity contribution < 1.29 is 31.2 Å². The number of carbonyl (C=O) groups is 2. The lowest BCUT2D eigenvalue weighted by Crippen LogP contribution is -2.53. The van der Waals surface area contributed by atoms with E-state index in [2.05, 4.69) is 5.32 Å². The first-order valence-electron chi connectivity index (χ1n) is 12.6. The first-order valence-corrected chi connectivity index (χ1v) is 14.5. The number of hydrogen-bond acceptors (Lipinski definition) is 4. The second-order valence-electron chi connectivity index (χ2n) is 9.43. The van der Waals surface area contributed by atoms with Crippen molar-refractivity contribution in [3.63, 3.8) is 0 Å². The molecule has 214 valence electrons. The van der Waals surface area contributed by atoms with Gasteiger partial charge in [-0.2, -0.15) is 13.2 Å². The van der Waals surface area contributed by atoms with E-state index >= 15 is 0 Å². The molecule has 3 aromatic rings. The highest BCUT2D eigenvalue weighted by Gasteiger charge is 2.34. The fourth-order valence-electron chi connectivity index (χ4n) is 4.19. The number of carbonyl (C=O) groups excluding carboxylic acids is 2. The Kier molecular flexibility index (Phi) is 9.97. The summed E-state index contributed by atoms with van der Waals surface area (Å²) < 4.78 is 66.2. The van der Waals surface area contributed by atoms with Crippen molar-refractivity contribution >= 4 is 27.5 Å². The van der Waals surface area contributed by atoms with Gasteiger partial charge >= 0.3 is 6.18 Å². The smallest absolute Gasteiger partial charge is 0.355 e. The number of likely N-dealkylation sites (N-methyl/N-ethyl adjacent to an activating group) is 1. The summed E-state index contributed by atoms with van der Waals surface area (Å²) in [6.45, 7) is 3.13. The highest BCUT2D eigenvalue weighted by atomic mass is 32.2. The summed E-state index contributed by atoms with van der Waals surface area (Å²) in [6.07, 6.45) is -3.75. The maximum Gasteiger partial charge on any atom is 0.416 e. The number of nitrogens with zero attached hydrogens (tertiary/aromatic N) is 2. The topological polar surface area (TPSA) is 86.8 Å². The summed E-state index contributed by atoms with van der Waals surface area (Å²) in [4.78, 5) is 28.5. The Morgan fingerprint density at radius 2 is 1.57 bits per heavy atom. The molecule has 1 atom stereocenters. The number of anilines is 1. The van der Waals surface area contributed by atoms with Crippen molar-refractivity contribution in [3.8, 4) is 0 Å². The maximum atomic E-state index is 13.9. The molecule has 0 heterocycles. The van der Waals surface area contributed by atoms with E-state index in [0.717, 1.165) is 29.5 Å². The van der Waals surface area contributed by atoms with E-state index in [1.54, 1.807) is 31.2 Å². The van der Waals surface area contributed by atoms with Crippen LogP contribution in [0, 0.1) is 6.92 Å². The molecule has 40 heavy (non-hydrogen) atoms. The number of rotatable bonds is 11. The van der Waals surface area contributed by atoms with Crippen LogP contribution in [-0.2, 0) is 38.8 Å². The molecule has 1 N–H and O–H groups in total. The molecule has 0 saturated heterocycles. The Morgan fingerprint density at radius 3 is 2.15 bits per heavy atom. The highest BCUT2D eigenvalue weighted by Crippen LogP contribution is 2.32. The molecule has 0 aliphatic carbocycles. The number of nitrogens with one attached hydrogen (secondary N) is 1. The third kappa shape index (κ3) is 8.32. The van der Waals surface area contributed by atoms with E-state index in [9.17, 15) is 31.2 Å². The summed E-state index contributed by atoms with van der Waals surface area (Å²) in [6, 6.07) is 19.1. The van der Waals surface area contributed by atoms with Crippen molar-refractivity contribution in [3.05, 3.63) is 101 Å². The Bertz CT molecular complexity index is 1410. The average molecular weight is 576 g/mol. The zero-order valence-corrected chi connectivity index (χ0v) is 23.3. The molecular weight excluding hydrogens is 543 g/mol. The Balaban J connectivity index is 2.06. The standard InChI is InChI=1S/C29H32F3N3O4S/c1-4-33-28(37)26(17-22-9-6-5-7-10-22)34(19-23-15-13-21(2)14-16-23)27(36)20-35(40(3,38)39)25-12-8-11-24(18-25)29(30,31)32/h5-16,18,26H,4,17,19-20H2,1-3H3,(H,33,37). The molecule has 0 fully saturated rings. The van der Waals surface area contributed by atoms with Crippen LogP contribution in [0.3, 0.4) is 0 Å². The fraction of sp³-hybridized carbons (Fsp3) is 0.310. The van der Waals surface area contributed by atoms with Crippen molar-refractivity contribution in [1.29, 1.82) is 0 Å². The second-order valence-corrected chi connectivity index (χ2v) is 11.3. The third-order valence-electron chi connectivity index (χ3n) is 6.24. The number of benzene rings is 3. The number of aryl methyl sites for hydroxylation is 1. The summed E-state index contributed by atoms with van der Waals surface area (Å²) in [5.41, 5.74) is 1.11. The fourth-order valence-corrected chi connectivity index (χ4v) is 5.03. The second kappa shape index (κ2) is 13.0. The molecule has 0 aliphatic rings. The molecule has 0 aliphatic heterocycles. The van der Waals surface area contributed by atoms with Crippen LogP contribution in [0.5, 0.6) is 0 Å². The van der Waals surface area contributed by atoms with Crippen molar-refractivity contribution in [2.45, 2.75) is 39.0 Å². The van der Waals surface area contributed by atoms with Crippen LogP contribution in [0.2, 0.25) is 0 Å². The first kappa shape index (κ1) is 30.7. The quantitative estimate of drug-likeness (QED) is 0.363. The molecular formula is C29H32F3N3O4S. The van der Waals surface area contributed by atoms with E-state index in [0.29, 0.717) is 22.5 Å². The van der Waals surface area contributed by atoms with Crippen LogP contribution < -0.4 is 9.62 Å². The molecule has 3 aromatic carbocycles. The van der Waals surface area contributed by atoms with Crippen LogP contribution in [-0.4, -0.2) is 50.5 Å². The number of sulfonamides is 1. The zero-order chi connectivity index (χ0) is 29.5. The SMILES string of the molecule is CCNC(=O)C(Cc1ccccc1)N(Cc1ccc(C)cc1)C(=O)CN(c1cccc(C(F)(F)F)c1)S(C)(=O)=O. The number of alkyl halides is 3. The van der Waals surface area contributed by atoms with Gasteiger partial charge in [-0.05, 0) is 43.2 Å². The van der Waals surface area contributed by atoms with Crippen LogP contribution >= 0.6 is 0 Å². The lowest BCUT2D eigenvalue weighted by molar-refractivity contribution is -0.140. The van der Waals surface area contributed by atoms with E-state index < -0.39 is 46.2 Å². The third-order valence-corrected chi connectivity index (χ3v) is 7.38. The molecule has 0 radical (unpaired) electrons. The Hall–Kier alpha value is -3.86. The van der Waals surface area contributed by atoms with Crippen LogP contribution in [0.4, 0.5) is 18.9 Å². The van der Waals surface area contributed by atoms with Gasteiger partial charge in [-0.15, -0.1) is 0 Å². The van der Waals surface area contributed by atoms with Gasteiger partial charge < -0.3 is 10.2 Å². The van der Waals surface area contributed by atoms with E-state index in [4.69, 9.17) is 0 Å². The molecule has 1 unspecified atom stereocenters. The largest absolute Gasteiger partial charge is 0.416 e. The van der Waals surface area contributed by atoms with Crippen LogP contribution in [0.1, 0.15) is 29.2 Å². The number of amides is 2. The highest BCUT2D eigenvalue weighted by molar-refractivity contribution is 7.92. The van der Waals surface area contributed by atoms with Gasteiger partial charge in [-0.25, -0.2) is 8.42 Å². The lowest BCUT2D eigenvalue weighted by atomic mass is 10.0. The molecule has 2 amide bonds. The summed E-state index contributed by atoms with van der Waals surface area (Å²) in [5.74, 6) is -1.17. The van der Waals surface area contributed by atoms with Crippen LogP contribution in [0.25, 0.3) is 0 Å². The van der Waals surface area contributed by atoms with Crippen LogP contribution in [0.15, 0.2) is 78.9 Å². The van der Waals surface area contributed by atoms with E-state index in [-0.39, 0.29) is 18.7 Å². The minimum absolute atomic E-state index is 0.0199. The summed E-state index contributed by atoms with van der Waals surface area (Å²) in [7, 11) is -4.18. The van der Waals surface area contributed by atoms with Crippen molar-refractivity contribution in [2.75, 3.05) is 23.7 Å². The molecule has 0 aromatic heterocycles. The molecule has 11 heteroatoms. The summed E-state index contributed by atoms with van der Waals surface area (Å²) >= 11 is 0. The minimum Gasteiger partial charge on any atom is -0.355 e. The van der Waals surface area contributed by atoms with E-state index in [1.165, 1.54) is 11.0 Å². The zero-order valence-electron chi connectivity index (χ0n) is 22.5. The van der Waals surface area contributed by atoms with Crippen molar-refractivity contribution in [2.24, 2.45) is 0 Å². The van der Waals surface area contributed by atoms with Gasteiger partial charge in [0.15, 0.2) is 0 Å². The lowest BCUT2D eigenvalue weighted by Gasteiger charge is -2.33. The minimum atomic E-state index is -4.71. The van der Waals surface area contributed by atoms with Gasteiger partial charge in [-0.1, -0.05) is 66.2 Å². The predicted octanol–water partition coefficient (Wildman–Crippen LogP) is 4.56. The van der Waals surface area contributed by atoms with Gasteiger partial charge in [0.05, 0.1) is 17.5 Å². The number of hydrogen-bond donors (Lipinski definition) is 1. The van der Waals surface area contributed by atoms with Gasteiger partial charge in [-0.3, -0.25) is 13.9 Å². The van der Waals surface area contributed by atoms with E-state index in [1.807, 2.05) is 37.3 Å². The van der Waals surface area contributed by atoms with Crippen molar-refractivity contribution in [1.82, 2.24) is 10.2 Å². The molecule has 0 saturated carbocycles. The number of halogens is 3. The Labute approximate surface area is 232 Å². The van der Waals surface area contributed by atoms with Gasteiger partial charge in [0, 0.05) is 19.5 Å². The maximum absolute atomic E-state index is 13.9. The van der Waals surface area contributed by atoms with Gasteiger partial charge in [0.25, 0.3) is 0 Å². The monoisotopic (exact) mass is 575 g/mol.